The zero-order valence-corrected chi connectivity index (χ0v) is 10.5. The van der Waals surface area contributed by atoms with Crippen LogP contribution in [0.5, 0.6) is 0 Å². The van der Waals surface area contributed by atoms with E-state index in [1.54, 1.807) is 6.26 Å². The Hall–Kier alpha value is -2.26. The summed E-state index contributed by atoms with van der Waals surface area (Å²) in [6, 6.07) is 18.1. The molecule has 2 aromatic carbocycles. The number of nitrogens with two attached hydrogens (primary N) is 1. The van der Waals surface area contributed by atoms with Gasteiger partial charge in [0.2, 0.25) is 0 Å². The molecule has 0 aliphatic rings. The molecule has 0 bridgehead atoms. The lowest BCUT2D eigenvalue weighted by Crippen LogP contribution is -2.20. The SMILES string of the molecule is NCC(Nc1ccccc1)c1coc2ccccc12. The van der Waals surface area contributed by atoms with E-state index in [9.17, 15) is 0 Å². The number of hydrogen-bond donors (Lipinski definition) is 2. The van der Waals surface area contributed by atoms with Crippen molar-refractivity contribution < 1.29 is 4.42 Å². The highest BCUT2D eigenvalue weighted by molar-refractivity contribution is 5.81. The van der Waals surface area contributed by atoms with Crippen LogP contribution in [-0.4, -0.2) is 6.54 Å². The molecule has 0 spiro atoms. The van der Waals surface area contributed by atoms with Gasteiger partial charge in [-0.25, -0.2) is 0 Å². The normalized spacial score (nSPS) is 12.5. The summed E-state index contributed by atoms with van der Waals surface area (Å²) < 4.78 is 5.57. The molecule has 0 saturated carbocycles. The molecule has 3 rings (SSSR count). The number of fused-ring (bicyclic) bond motifs is 1. The summed E-state index contributed by atoms with van der Waals surface area (Å²) in [5.74, 6) is 0. The first-order chi connectivity index (χ1) is 9.38. The number of benzene rings is 2. The zero-order chi connectivity index (χ0) is 13.1. The smallest absolute Gasteiger partial charge is 0.134 e. The maximum absolute atomic E-state index is 5.90. The quantitative estimate of drug-likeness (QED) is 0.746. The summed E-state index contributed by atoms with van der Waals surface area (Å²) >= 11 is 0. The molecule has 1 heterocycles. The molecule has 1 aromatic heterocycles. The largest absolute Gasteiger partial charge is 0.464 e. The van der Waals surface area contributed by atoms with Crippen molar-refractivity contribution in [1.29, 1.82) is 0 Å². The minimum Gasteiger partial charge on any atom is -0.464 e. The molecule has 0 aliphatic carbocycles. The summed E-state index contributed by atoms with van der Waals surface area (Å²) in [5, 5.41) is 4.55. The van der Waals surface area contributed by atoms with E-state index >= 15 is 0 Å². The van der Waals surface area contributed by atoms with E-state index in [0.717, 1.165) is 22.2 Å². The fourth-order valence-corrected chi connectivity index (χ4v) is 2.27. The molecule has 3 nitrogen and oxygen atoms in total. The molecule has 0 aliphatic heterocycles. The van der Waals surface area contributed by atoms with Gasteiger partial charge in [-0.3, -0.25) is 0 Å². The van der Waals surface area contributed by atoms with Crippen molar-refractivity contribution in [2.75, 3.05) is 11.9 Å². The van der Waals surface area contributed by atoms with Crippen LogP contribution in [0.4, 0.5) is 5.69 Å². The maximum atomic E-state index is 5.90. The van der Waals surface area contributed by atoms with Crippen molar-refractivity contribution in [2.45, 2.75) is 6.04 Å². The van der Waals surface area contributed by atoms with Gasteiger partial charge in [0, 0.05) is 23.2 Å². The number of hydrogen-bond acceptors (Lipinski definition) is 3. The predicted octanol–water partition coefficient (Wildman–Crippen LogP) is 3.54. The Morgan fingerprint density at radius 3 is 2.53 bits per heavy atom. The highest BCUT2D eigenvalue weighted by Crippen LogP contribution is 2.28. The third-order valence-corrected chi connectivity index (χ3v) is 3.24. The van der Waals surface area contributed by atoms with E-state index in [4.69, 9.17) is 10.2 Å². The number of furan rings is 1. The van der Waals surface area contributed by atoms with Gasteiger partial charge in [0.25, 0.3) is 0 Å². The van der Waals surface area contributed by atoms with Crippen LogP contribution in [0.25, 0.3) is 11.0 Å². The second kappa shape index (κ2) is 5.16. The minimum absolute atomic E-state index is 0.0473. The first-order valence-electron chi connectivity index (χ1n) is 6.36. The van der Waals surface area contributed by atoms with Gasteiger partial charge in [-0.15, -0.1) is 0 Å². The molecular formula is C16H16N2O. The van der Waals surface area contributed by atoms with E-state index in [2.05, 4.69) is 11.4 Å². The van der Waals surface area contributed by atoms with Crippen LogP contribution in [0.1, 0.15) is 11.6 Å². The molecule has 0 amide bonds. The van der Waals surface area contributed by atoms with Gasteiger partial charge >= 0.3 is 0 Å². The van der Waals surface area contributed by atoms with Gasteiger partial charge < -0.3 is 15.5 Å². The Bertz CT molecular complexity index is 661. The molecule has 3 aromatic rings. The number of nitrogens with one attached hydrogen (secondary N) is 1. The van der Waals surface area contributed by atoms with E-state index in [1.165, 1.54) is 0 Å². The minimum atomic E-state index is 0.0473. The standard InChI is InChI=1S/C16H16N2O/c17-10-15(18-12-6-2-1-3-7-12)14-11-19-16-9-5-4-8-13(14)16/h1-9,11,15,18H,10,17H2. The number of para-hydroxylation sites is 2. The second-order valence-corrected chi connectivity index (χ2v) is 4.49. The summed E-state index contributed by atoms with van der Waals surface area (Å²) in [7, 11) is 0. The van der Waals surface area contributed by atoms with Crippen molar-refractivity contribution in [3.05, 3.63) is 66.4 Å². The molecule has 0 saturated heterocycles. The van der Waals surface area contributed by atoms with E-state index in [-0.39, 0.29) is 6.04 Å². The van der Waals surface area contributed by atoms with Crippen LogP contribution in [0.3, 0.4) is 0 Å². The lowest BCUT2D eigenvalue weighted by molar-refractivity contribution is 0.605. The van der Waals surface area contributed by atoms with Gasteiger partial charge in [-0.1, -0.05) is 36.4 Å². The highest BCUT2D eigenvalue weighted by Gasteiger charge is 2.15. The van der Waals surface area contributed by atoms with Crippen molar-refractivity contribution in [3.63, 3.8) is 0 Å². The van der Waals surface area contributed by atoms with Crippen LogP contribution < -0.4 is 11.1 Å². The van der Waals surface area contributed by atoms with Crippen LogP contribution in [0, 0.1) is 0 Å². The molecular weight excluding hydrogens is 236 g/mol. The van der Waals surface area contributed by atoms with Crippen molar-refractivity contribution in [1.82, 2.24) is 0 Å². The predicted molar refractivity (Wildman–Crippen MR) is 78.1 cm³/mol. The van der Waals surface area contributed by atoms with Crippen LogP contribution in [0.15, 0.2) is 65.3 Å². The van der Waals surface area contributed by atoms with Gasteiger partial charge in [0.15, 0.2) is 0 Å². The first kappa shape index (κ1) is 11.8. The summed E-state index contributed by atoms with van der Waals surface area (Å²) in [4.78, 5) is 0. The Morgan fingerprint density at radius 1 is 1.00 bits per heavy atom. The van der Waals surface area contributed by atoms with Crippen LogP contribution in [0.2, 0.25) is 0 Å². The summed E-state index contributed by atoms with van der Waals surface area (Å²) in [5.41, 5.74) is 8.95. The molecule has 1 unspecified atom stereocenters. The molecule has 3 N–H and O–H groups in total. The first-order valence-corrected chi connectivity index (χ1v) is 6.36. The zero-order valence-electron chi connectivity index (χ0n) is 10.5. The molecule has 1 atom stereocenters. The molecule has 0 fully saturated rings. The fourth-order valence-electron chi connectivity index (χ4n) is 2.27. The number of rotatable bonds is 4. The van der Waals surface area contributed by atoms with Crippen molar-refractivity contribution >= 4 is 16.7 Å². The van der Waals surface area contributed by atoms with E-state index < -0.39 is 0 Å². The van der Waals surface area contributed by atoms with Crippen LogP contribution in [-0.2, 0) is 0 Å². The second-order valence-electron chi connectivity index (χ2n) is 4.49. The monoisotopic (exact) mass is 252 g/mol. The maximum Gasteiger partial charge on any atom is 0.134 e. The molecule has 3 heteroatoms. The van der Waals surface area contributed by atoms with Crippen molar-refractivity contribution in [3.8, 4) is 0 Å². The average molecular weight is 252 g/mol. The van der Waals surface area contributed by atoms with E-state index in [1.807, 2.05) is 48.5 Å². The van der Waals surface area contributed by atoms with Gasteiger partial charge in [0.05, 0.1) is 12.3 Å². The van der Waals surface area contributed by atoms with E-state index in [0.29, 0.717) is 6.54 Å². The Morgan fingerprint density at radius 2 is 1.74 bits per heavy atom. The van der Waals surface area contributed by atoms with Crippen molar-refractivity contribution in [2.24, 2.45) is 5.73 Å². The number of anilines is 1. The highest BCUT2D eigenvalue weighted by atomic mass is 16.3. The fraction of sp³-hybridized carbons (Fsp3) is 0.125. The molecule has 19 heavy (non-hydrogen) atoms. The molecule has 96 valence electrons. The topological polar surface area (TPSA) is 51.2 Å². The van der Waals surface area contributed by atoms with Crippen LogP contribution >= 0.6 is 0 Å². The Labute approximate surface area is 112 Å². The third kappa shape index (κ3) is 2.33. The van der Waals surface area contributed by atoms with Gasteiger partial charge in [-0.2, -0.15) is 0 Å². The Balaban J connectivity index is 1.94. The van der Waals surface area contributed by atoms with Gasteiger partial charge in [-0.05, 0) is 18.2 Å². The van der Waals surface area contributed by atoms with Gasteiger partial charge in [0.1, 0.15) is 5.58 Å². The third-order valence-electron chi connectivity index (χ3n) is 3.24. The molecule has 0 radical (unpaired) electrons. The Kier molecular flexibility index (Phi) is 3.21. The summed E-state index contributed by atoms with van der Waals surface area (Å²) in [6.45, 7) is 0.512. The average Bonchev–Trinajstić information content (AvgIpc) is 2.90. The summed E-state index contributed by atoms with van der Waals surface area (Å²) in [6.07, 6.45) is 1.79. The lowest BCUT2D eigenvalue weighted by Gasteiger charge is -2.17. The lowest BCUT2D eigenvalue weighted by atomic mass is 10.1.